The van der Waals surface area contributed by atoms with Gasteiger partial charge >= 0.3 is 0 Å². The van der Waals surface area contributed by atoms with Crippen molar-refractivity contribution < 1.29 is 19.2 Å². The van der Waals surface area contributed by atoms with Gasteiger partial charge in [0, 0.05) is 30.5 Å². The van der Waals surface area contributed by atoms with Gasteiger partial charge in [0.25, 0.3) is 0 Å². The minimum absolute atomic E-state index is 0.0442. The molecule has 2 N–H and O–H groups in total. The lowest BCUT2D eigenvalue weighted by Crippen LogP contribution is -2.28. The molecule has 0 aliphatic rings. The van der Waals surface area contributed by atoms with Crippen LogP contribution in [0, 0.1) is 5.41 Å². The van der Waals surface area contributed by atoms with Crippen LogP contribution in [-0.4, -0.2) is 29.9 Å². The molecule has 0 aromatic heterocycles. The lowest BCUT2D eigenvalue weighted by Gasteiger charge is -2.22. The molecular formula is C21H30N2O4. The molecule has 148 valence electrons. The maximum atomic E-state index is 12.2. The van der Waals surface area contributed by atoms with Crippen molar-refractivity contribution in [1.29, 1.82) is 0 Å². The van der Waals surface area contributed by atoms with Crippen molar-refractivity contribution in [3.63, 3.8) is 0 Å². The fraction of sp³-hybridized carbons (Fsp3) is 0.524. The highest BCUT2D eigenvalue weighted by Crippen LogP contribution is 2.25. The van der Waals surface area contributed by atoms with E-state index in [4.69, 9.17) is 0 Å². The van der Waals surface area contributed by atoms with Crippen molar-refractivity contribution >= 4 is 29.1 Å². The van der Waals surface area contributed by atoms with Crippen molar-refractivity contribution in [3.05, 3.63) is 29.8 Å². The number of rotatable bonds is 11. The van der Waals surface area contributed by atoms with Crippen LogP contribution >= 0.6 is 0 Å². The Kier molecular flexibility index (Phi) is 8.85. The van der Waals surface area contributed by atoms with Gasteiger partial charge in [0.2, 0.25) is 11.8 Å². The number of benzene rings is 1. The summed E-state index contributed by atoms with van der Waals surface area (Å²) < 4.78 is 0. The molecule has 27 heavy (non-hydrogen) atoms. The molecule has 0 unspecified atom stereocenters. The van der Waals surface area contributed by atoms with Crippen LogP contribution in [0.15, 0.2) is 24.3 Å². The zero-order chi connectivity index (χ0) is 20.4. The summed E-state index contributed by atoms with van der Waals surface area (Å²) in [5.74, 6) is -0.376. The van der Waals surface area contributed by atoms with Gasteiger partial charge < -0.3 is 10.6 Å². The van der Waals surface area contributed by atoms with E-state index in [-0.39, 0.29) is 36.2 Å². The molecule has 0 fully saturated rings. The predicted molar refractivity (Wildman–Crippen MR) is 105 cm³/mol. The van der Waals surface area contributed by atoms with Gasteiger partial charge in [-0.1, -0.05) is 26.0 Å². The molecule has 2 amide bonds. The van der Waals surface area contributed by atoms with Gasteiger partial charge in [0.1, 0.15) is 11.6 Å². The van der Waals surface area contributed by atoms with Crippen molar-refractivity contribution in [2.75, 3.05) is 11.9 Å². The van der Waals surface area contributed by atoms with E-state index in [0.717, 1.165) is 5.56 Å². The van der Waals surface area contributed by atoms with Crippen LogP contribution in [0.2, 0.25) is 0 Å². The Balaban J connectivity index is 2.51. The van der Waals surface area contributed by atoms with Gasteiger partial charge in [0.05, 0.1) is 6.42 Å². The van der Waals surface area contributed by atoms with Crippen molar-refractivity contribution in [2.45, 2.75) is 59.8 Å². The van der Waals surface area contributed by atoms with E-state index in [1.165, 1.54) is 6.92 Å². The lowest BCUT2D eigenvalue weighted by molar-refractivity contribution is -0.131. The Morgan fingerprint density at radius 2 is 1.56 bits per heavy atom. The summed E-state index contributed by atoms with van der Waals surface area (Å²) in [6.07, 6.45) is 1.61. The van der Waals surface area contributed by atoms with Gasteiger partial charge in [-0.2, -0.15) is 0 Å². The highest BCUT2D eigenvalue weighted by molar-refractivity contribution is 6.00. The molecule has 0 saturated heterocycles. The van der Waals surface area contributed by atoms with Crippen LogP contribution in [0.3, 0.4) is 0 Å². The average Bonchev–Trinajstić information content (AvgIpc) is 2.56. The molecule has 0 heterocycles. The maximum Gasteiger partial charge on any atom is 0.224 e. The molecule has 0 saturated carbocycles. The van der Waals surface area contributed by atoms with Gasteiger partial charge in [-0.15, -0.1) is 0 Å². The molecule has 0 bridgehead atoms. The number of amides is 2. The average molecular weight is 374 g/mol. The van der Waals surface area contributed by atoms with Gasteiger partial charge in [-0.3, -0.25) is 19.2 Å². The van der Waals surface area contributed by atoms with Crippen molar-refractivity contribution in [1.82, 2.24) is 5.32 Å². The Morgan fingerprint density at radius 1 is 0.963 bits per heavy atom. The second-order valence-corrected chi connectivity index (χ2v) is 7.41. The fourth-order valence-corrected chi connectivity index (χ4v) is 2.70. The summed E-state index contributed by atoms with van der Waals surface area (Å²) in [5.41, 5.74) is 1.02. The number of hydrogen-bond donors (Lipinski definition) is 2. The van der Waals surface area contributed by atoms with E-state index in [9.17, 15) is 19.2 Å². The molecule has 1 aromatic rings. The third-order valence-electron chi connectivity index (χ3n) is 4.23. The second kappa shape index (κ2) is 10.6. The molecule has 0 aliphatic carbocycles. The van der Waals surface area contributed by atoms with E-state index >= 15 is 0 Å². The molecule has 0 atom stereocenters. The number of carbonyl (C=O) groups excluding carboxylic acids is 4. The zero-order valence-corrected chi connectivity index (χ0v) is 16.7. The molecule has 1 rings (SSSR count). The SMILES string of the molecule is CCNC(=O)CCCC(=O)Nc1ccc(CC(C)(C)C(=O)CC(C)=O)cc1. The predicted octanol–water partition coefficient (Wildman–Crippen LogP) is 3.05. The van der Waals surface area contributed by atoms with E-state index in [1.807, 2.05) is 32.9 Å². The fourth-order valence-electron chi connectivity index (χ4n) is 2.70. The van der Waals surface area contributed by atoms with E-state index in [0.29, 0.717) is 31.5 Å². The van der Waals surface area contributed by atoms with Gasteiger partial charge in [0.15, 0.2) is 0 Å². The molecule has 6 heteroatoms. The standard InChI is InChI=1S/C21H30N2O4/c1-5-22-19(26)7-6-8-20(27)23-17-11-9-16(10-12-17)14-21(3,4)18(25)13-15(2)24/h9-12H,5-8,13-14H2,1-4H3,(H,22,26)(H,23,27). The van der Waals surface area contributed by atoms with Crippen LogP contribution in [0.1, 0.15) is 58.9 Å². The maximum absolute atomic E-state index is 12.2. The number of Topliss-reactive ketones (excluding diaryl/α,β-unsaturated/α-hetero) is 2. The van der Waals surface area contributed by atoms with Gasteiger partial charge in [-0.05, 0) is 44.4 Å². The smallest absolute Gasteiger partial charge is 0.224 e. The quantitative estimate of drug-likeness (QED) is 0.582. The number of ketones is 2. The largest absolute Gasteiger partial charge is 0.356 e. The summed E-state index contributed by atoms with van der Waals surface area (Å²) in [6.45, 7) is 7.54. The highest BCUT2D eigenvalue weighted by atomic mass is 16.2. The number of nitrogens with one attached hydrogen (secondary N) is 2. The molecule has 0 radical (unpaired) electrons. The number of anilines is 1. The molecule has 1 aromatic carbocycles. The molecule has 0 aliphatic heterocycles. The minimum atomic E-state index is -0.616. The van der Waals surface area contributed by atoms with Crippen molar-refractivity contribution in [3.8, 4) is 0 Å². The summed E-state index contributed by atoms with van der Waals surface area (Å²) in [4.78, 5) is 46.6. The Labute approximate surface area is 161 Å². The van der Waals surface area contributed by atoms with E-state index < -0.39 is 5.41 Å². The van der Waals surface area contributed by atoms with Crippen LogP contribution in [0.4, 0.5) is 5.69 Å². The Morgan fingerprint density at radius 3 is 2.11 bits per heavy atom. The van der Waals surface area contributed by atoms with Crippen LogP contribution in [0.5, 0.6) is 0 Å². The summed E-state index contributed by atoms with van der Waals surface area (Å²) in [6, 6.07) is 7.32. The first-order valence-electron chi connectivity index (χ1n) is 9.32. The minimum Gasteiger partial charge on any atom is -0.356 e. The normalized spacial score (nSPS) is 11.0. The Bertz CT molecular complexity index is 678. The third-order valence-corrected chi connectivity index (χ3v) is 4.23. The molecule has 6 nitrogen and oxygen atoms in total. The second-order valence-electron chi connectivity index (χ2n) is 7.41. The van der Waals surface area contributed by atoms with E-state index in [2.05, 4.69) is 10.6 Å². The summed E-state index contributed by atoms with van der Waals surface area (Å²) >= 11 is 0. The van der Waals surface area contributed by atoms with Crippen molar-refractivity contribution in [2.24, 2.45) is 5.41 Å². The first kappa shape index (κ1) is 22.5. The summed E-state index contributed by atoms with van der Waals surface area (Å²) in [5, 5.41) is 5.50. The highest BCUT2D eigenvalue weighted by Gasteiger charge is 2.28. The summed E-state index contributed by atoms with van der Waals surface area (Å²) in [7, 11) is 0. The topological polar surface area (TPSA) is 92.3 Å². The first-order chi connectivity index (χ1) is 12.6. The van der Waals surface area contributed by atoms with Crippen LogP contribution in [0.25, 0.3) is 0 Å². The zero-order valence-electron chi connectivity index (χ0n) is 16.7. The van der Waals surface area contributed by atoms with Crippen LogP contribution < -0.4 is 10.6 Å². The monoisotopic (exact) mass is 374 g/mol. The van der Waals surface area contributed by atoms with E-state index in [1.54, 1.807) is 12.1 Å². The van der Waals surface area contributed by atoms with Crippen LogP contribution in [-0.2, 0) is 25.6 Å². The third kappa shape index (κ3) is 8.62. The number of hydrogen-bond acceptors (Lipinski definition) is 4. The lowest BCUT2D eigenvalue weighted by atomic mass is 9.80. The van der Waals surface area contributed by atoms with Gasteiger partial charge in [-0.25, -0.2) is 0 Å². The molecule has 0 spiro atoms. The Hall–Kier alpha value is -2.50. The first-order valence-corrected chi connectivity index (χ1v) is 9.32. The molecular weight excluding hydrogens is 344 g/mol. The number of carbonyl (C=O) groups is 4.